The molecule has 0 saturated carbocycles. The third-order valence-electron chi connectivity index (χ3n) is 3.26. The molecular weight excluding hydrogens is 386 g/mol. The fourth-order valence-corrected chi connectivity index (χ4v) is 4.66. The Bertz CT molecular complexity index is 969. The number of para-hydroxylation sites is 1. The largest absolute Gasteiger partial charge is 0.496 e. The first-order valence-corrected chi connectivity index (χ1v) is 9.88. The van der Waals surface area contributed by atoms with Crippen molar-refractivity contribution in [2.45, 2.75) is 10.6 Å². The van der Waals surface area contributed by atoms with Crippen LogP contribution in [0, 0.1) is 0 Å². The van der Waals surface area contributed by atoms with Crippen LogP contribution in [0.15, 0.2) is 45.1 Å². The molecule has 1 aromatic carbocycles. The quantitative estimate of drug-likeness (QED) is 0.656. The van der Waals surface area contributed by atoms with Crippen molar-refractivity contribution >= 4 is 33.0 Å². The molecule has 0 aliphatic heterocycles. The molecule has 1 N–H and O–H groups in total. The first-order chi connectivity index (χ1) is 12.0. The van der Waals surface area contributed by atoms with Gasteiger partial charge in [0.25, 0.3) is 0 Å². The van der Waals surface area contributed by atoms with Gasteiger partial charge >= 0.3 is 0 Å². The van der Waals surface area contributed by atoms with E-state index in [1.807, 2.05) is 18.2 Å². The number of rotatable bonds is 7. The van der Waals surface area contributed by atoms with Crippen LogP contribution < -0.4 is 9.46 Å². The lowest BCUT2D eigenvalue weighted by atomic mass is 10.2. The molecule has 132 valence electrons. The molecule has 10 heteroatoms. The number of hydrogen-bond donors (Lipinski definition) is 1. The van der Waals surface area contributed by atoms with E-state index >= 15 is 0 Å². The van der Waals surface area contributed by atoms with Crippen molar-refractivity contribution in [2.24, 2.45) is 0 Å². The van der Waals surface area contributed by atoms with Crippen LogP contribution in [0.5, 0.6) is 5.75 Å². The van der Waals surface area contributed by atoms with E-state index in [1.54, 1.807) is 13.2 Å². The molecule has 3 rings (SSSR count). The van der Waals surface area contributed by atoms with Crippen molar-refractivity contribution in [3.8, 4) is 17.1 Å². The summed E-state index contributed by atoms with van der Waals surface area (Å²) in [5.41, 5.74) is 0.703. The van der Waals surface area contributed by atoms with Gasteiger partial charge < -0.3 is 9.26 Å². The van der Waals surface area contributed by atoms with E-state index in [0.717, 1.165) is 11.3 Å². The summed E-state index contributed by atoms with van der Waals surface area (Å²) < 4.78 is 37.7. The third kappa shape index (κ3) is 4.18. The van der Waals surface area contributed by atoms with Gasteiger partial charge in [-0.15, -0.1) is 11.3 Å². The molecule has 0 aliphatic rings. The molecule has 0 aliphatic carbocycles. The summed E-state index contributed by atoms with van der Waals surface area (Å²) in [6.07, 6.45) is 0.264. The predicted octanol–water partition coefficient (Wildman–Crippen LogP) is 2.98. The average molecular weight is 400 g/mol. The van der Waals surface area contributed by atoms with Crippen molar-refractivity contribution in [3.05, 3.63) is 46.6 Å². The van der Waals surface area contributed by atoms with E-state index in [2.05, 4.69) is 14.9 Å². The number of aromatic nitrogens is 2. The molecule has 0 atom stereocenters. The van der Waals surface area contributed by atoms with Gasteiger partial charge in [0.05, 0.1) is 17.0 Å². The maximum atomic E-state index is 12.1. The van der Waals surface area contributed by atoms with Gasteiger partial charge in [-0.2, -0.15) is 4.98 Å². The van der Waals surface area contributed by atoms with Gasteiger partial charge in [0, 0.05) is 13.0 Å². The van der Waals surface area contributed by atoms with Gasteiger partial charge in [-0.3, -0.25) is 0 Å². The highest BCUT2D eigenvalue weighted by molar-refractivity contribution is 7.91. The van der Waals surface area contributed by atoms with Gasteiger partial charge in [-0.05, 0) is 24.3 Å². The van der Waals surface area contributed by atoms with Gasteiger partial charge in [-0.1, -0.05) is 28.9 Å². The van der Waals surface area contributed by atoms with Crippen LogP contribution in [0.1, 0.15) is 5.89 Å². The Kier molecular flexibility index (Phi) is 5.38. The topological polar surface area (TPSA) is 94.3 Å². The molecule has 3 aromatic rings. The molecule has 0 saturated heterocycles. The highest BCUT2D eigenvalue weighted by atomic mass is 35.5. The minimum atomic E-state index is -3.59. The molecule has 2 heterocycles. The number of nitrogens with zero attached hydrogens (tertiary/aromatic N) is 2. The number of hydrogen-bond acceptors (Lipinski definition) is 7. The zero-order chi connectivity index (χ0) is 17.9. The number of sulfonamides is 1. The molecule has 0 bridgehead atoms. The van der Waals surface area contributed by atoms with Gasteiger partial charge in [-0.25, -0.2) is 13.1 Å². The average Bonchev–Trinajstić information content (AvgIpc) is 3.24. The fraction of sp³-hybridized carbons (Fsp3) is 0.200. The maximum absolute atomic E-state index is 12.1. The predicted molar refractivity (Wildman–Crippen MR) is 94.5 cm³/mol. The van der Waals surface area contributed by atoms with Crippen molar-refractivity contribution in [3.63, 3.8) is 0 Å². The van der Waals surface area contributed by atoms with Crippen molar-refractivity contribution in [2.75, 3.05) is 13.7 Å². The summed E-state index contributed by atoms with van der Waals surface area (Å²) in [4.78, 5) is 4.27. The number of ether oxygens (including phenoxy) is 1. The lowest BCUT2D eigenvalue weighted by Gasteiger charge is -2.03. The summed E-state index contributed by atoms with van der Waals surface area (Å²) in [6.45, 7) is 0.130. The maximum Gasteiger partial charge on any atom is 0.250 e. The van der Waals surface area contributed by atoms with Crippen molar-refractivity contribution in [1.29, 1.82) is 0 Å². The molecule has 0 spiro atoms. The van der Waals surface area contributed by atoms with Crippen LogP contribution in [0.2, 0.25) is 4.34 Å². The fourth-order valence-electron chi connectivity index (χ4n) is 2.10. The minimum Gasteiger partial charge on any atom is -0.496 e. The number of thiophene rings is 1. The minimum absolute atomic E-state index is 0.130. The van der Waals surface area contributed by atoms with E-state index in [1.165, 1.54) is 12.1 Å². The monoisotopic (exact) mass is 399 g/mol. The Hall–Kier alpha value is -1.94. The molecular formula is C15H14ClN3O4S2. The Morgan fingerprint density at radius 1 is 1.28 bits per heavy atom. The lowest BCUT2D eigenvalue weighted by Crippen LogP contribution is -2.25. The Labute approximate surface area is 153 Å². The second-order valence-corrected chi connectivity index (χ2v) is 8.63. The Morgan fingerprint density at radius 3 is 2.80 bits per heavy atom. The number of halogens is 1. The Morgan fingerprint density at radius 2 is 2.08 bits per heavy atom. The van der Waals surface area contributed by atoms with Crippen LogP contribution in [0.25, 0.3) is 11.4 Å². The van der Waals surface area contributed by atoms with Crippen LogP contribution in [-0.4, -0.2) is 32.2 Å². The van der Waals surface area contributed by atoms with E-state index in [4.69, 9.17) is 20.9 Å². The zero-order valence-corrected chi connectivity index (χ0v) is 15.5. The first-order valence-electron chi connectivity index (χ1n) is 7.20. The summed E-state index contributed by atoms with van der Waals surface area (Å²) in [5.74, 6) is 1.35. The summed E-state index contributed by atoms with van der Waals surface area (Å²) >= 11 is 6.76. The standard InChI is InChI=1S/C15H14ClN3O4S2/c1-22-11-5-3-2-4-10(11)15-18-13(23-19-15)8-9-17-25(20,21)14-7-6-12(16)24-14/h2-7,17H,8-9H2,1H3. The number of benzene rings is 1. The summed E-state index contributed by atoms with van der Waals surface area (Å²) in [7, 11) is -2.03. The molecule has 0 fully saturated rings. The van der Waals surface area contributed by atoms with E-state index < -0.39 is 10.0 Å². The molecule has 0 unspecified atom stereocenters. The van der Waals surface area contributed by atoms with Crippen LogP contribution in [0.4, 0.5) is 0 Å². The van der Waals surface area contributed by atoms with Crippen molar-refractivity contribution in [1.82, 2.24) is 14.9 Å². The smallest absolute Gasteiger partial charge is 0.250 e. The van der Waals surface area contributed by atoms with Crippen LogP contribution >= 0.6 is 22.9 Å². The second-order valence-electron chi connectivity index (χ2n) is 4.92. The zero-order valence-electron chi connectivity index (χ0n) is 13.1. The normalized spacial score (nSPS) is 11.6. The highest BCUT2D eigenvalue weighted by Crippen LogP contribution is 2.27. The summed E-state index contributed by atoms with van der Waals surface area (Å²) in [6, 6.07) is 10.3. The van der Waals surface area contributed by atoms with Crippen LogP contribution in [0.3, 0.4) is 0 Å². The van der Waals surface area contributed by atoms with Crippen molar-refractivity contribution < 1.29 is 17.7 Å². The van der Waals surface area contributed by atoms with Gasteiger partial charge in [0.15, 0.2) is 0 Å². The van der Waals surface area contributed by atoms with Gasteiger partial charge in [0.2, 0.25) is 21.7 Å². The van der Waals surface area contributed by atoms with Gasteiger partial charge in [0.1, 0.15) is 9.96 Å². The Balaban J connectivity index is 1.64. The molecule has 25 heavy (non-hydrogen) atoms. The molecule has 0 radical (unpaired) electrons. The highest BCUT2D eigenvalue weighted by Gasteiger charge is 2.17. The molecule has 7 nitrogen and oxygen atoms in total. The van der Waals surface area contributed by atoms with E-state index in [-0.39, 0.29) is 17.2 Å². The SMILES string of the molecule is COc1ccccc1-c1noc(CCNS(=O)(=O)c2ccc(Cl)s2)n1. The van der Waals surface area contributed by atoms with Crippen LogP contribution in [-0.2, 0) is 16.4 Å². The van der Waals surface area contributed by atoms with E-state index in [0.29, 0.717) is 27.4 Å². The molecule has 0 amide bonds. The molecule has 2 aromatic heterocycles. The second kappa shape index (κ2) is 7.52. The lowest BCUT2D eigenvalue weighted by molar-refractivity contribution is 0.378. The van der Waals surface area contributed by atoms with E-state index in [9.17, 15) is 8.42 Å². The number of nitrogens with one attached hydrogen (secondary N) is 1. The summed E-state index contributed by atoms with van der Waals surface area (Å²) in [5, 5.41) is 3.91. The third-order valence-corrected chi connectivity index (χ3v) is 6.44. The number of methoxy groups -OCH3 is 1. The first kappa shape index (κ1) is 17.9.